The molecular weight excluding hydrogens is 452 g/mol. The molecule has 4 rings (SSSR count). The van der Waals surface area contributed by atoms with Crippen LogP contribution in [0.4, 0.5) is 0 Å². The molecule has 2 aromatic carbocycles. The van der Waals surface area contributed by atoms with Crippen LogP contribution in [0.5, 0.6) is 5.75 Å². The number of aliphatic imine (C=N–C) groups is 1. The minimum atomic E-state index is -1.14. The van der Waals surface area contributed by atoms with E-state index < -0.39 is 5.60 Å². The zero-order chi connectivity index (χ0) is 25.4. The van der Waals surface area contributed by atoms with E-state index in [4.69, 9.17) is 19.6 Å². The van der Waals surface area contributed by atoms with E-state index in [-0.39, 0.29) is 18.6 Å². The molecule has 0 radical (unpaired) electrons. The standard InChI is InChI=1S/C30H43N2O4/c1-32(2,19-9-21-35-27-16-14-24(15-17-27)18-20-33)23-28-22-31-29(36-28)30(34,25-10-5-3-6-11-25)26-12-7-4-8-13-26/h3,5-6,10-11,14-17,26,28,33-34H,4,7-9,12-13,18-23H2,1-2H3/q+1/t28?,30-/m0/s1. The average Bonchev–Trinajstić information content (AvgIpc) is 3.36. The lowest BCUT2D eigenvalue weighted by Crippen LogP contribution is -2.49. The third-order valence-electron chi connectivity index (χ3n) is 7.65. The lowest BCUT2D eigenvalue weighted by molar-refractivity contribution is -0.893. The molecule has 0 amide bonds. The number of benzene rings is 2. The van der Waals surface area contributed by atoms with Crippen LogP contribution >= 0.6 is 0 Å². The van der Waals surface area contributed by atoms with E-state index in [1.54, 1.807) is 0 Å². The third kappa shape index (κ3) is 6.67. The van der Waals surface area contributed by atoms with Crippen LogP contribution in [0, 0.1) is 5.92 Å². The molecule has 0 saturated heterocycles. The number of quaternary nitrogens is 1. The first-order chi connectivity index (χ1) is 17.4. The first kappa shape index (κ1) is 26.6. The Morgan fingerprint density at radius 3 is 2.44 bits per heavy atom. The third-order valence-corrected chi connectivity index (χ3v) is 7.65. The van der Waals surface area contributed by atoms with Crippen molar-refractivity contribution in [2.45, 2.75) is 56.7 Å². The fraction of sp³-hybridized carbons (Fsp3) is 0.567. The molecule has 2 aliphatic rings. The monoisotopic (exact) mass is 495 g/mol. The molecule has 1 unspecified atom stereocenters. The summed E-state index contributed by atoms with van der Waals surface area (Å²) < 4.78 is 13.1. The Labute approximate surface area is 216 Å². The number of nitrogens with zero attached hydrogens (tertiary/aromatic N) is 2. The highest BCUT2D eigenvalue weighted by Gasteiger charge is 2.48. The molecule has 0 bridgehead atoms. The second-order valence-electron chi connectivity index (χ2n) is 11.0. The van der Waals surface area contributed by atoms with Crippen LogP contribution in [-0.4, -0.2) is 73.6 Å². The Morgan fingerprint density at radius 1 is 1.03 bits per heavy atom. The molecule has 2 atom stereocenters. The highest BCUT2D eigenvalue weighted by Crippen LogP contribution is 2.42. The normalized spacial score (nSPS) is 20.4. The van der Waals surface area contributed by atoms with Crippen LogP contribution in [-0.2, 0) is 16.8 Å². The predicted molar refractivity (Wildman–Crippen MR) is 143 cm³/mol. The van der Waals surface area contributed by atoms with Gasteiger partial charge in [-0.3, -0.25) is 0 Å². The summed E-state index contributed by atoms with van der Waals surface area (Å²) in [4.78, 5) is 4.78. The second-order valence-corrected chi connectivity index (χ2v) is 11.0. The van der Waals surface area contributed by atoms with E-state index in [0.29, 0.717) is 25.5 Å². The summed E-state index contributed by atoms with van der Waals surface area (Å²) in [5, 5.41) is 21.1. The second kappa shape index (κ2) is 12.2. The largest absolute Gasteiger partial charge is 0.493 e. The topological polar surface area (TPSA) is 71.3 Å². The molecule has 2 aromatic rings. The Bertz CT molecular complexity index is 970. The van der Waals surface area contributed by atoms with Gasteiger partial charge >= 0.3 is 0 Å². The van der Waals surface area contributed by atoms with Crippen molar-refractivity contribution in [3.05, 3.63) is 65.7 Å². The van der Waals surface area contributed by atoms with Gasteiger partial charge in [-0.1, -0.05) is 61.7 Å². The number of aliphatic hydroxyl groups is 2. The number of hydrogen-bond donors (Lipinski definition) is 2. The summed E-state index contributed by atoms with van der Waals surface area (Å²) in [6.45, 7) is 3.21. The van der Waals surface area contributed by atoms with Gasteiger partial charge < -0.3 is 24.2 Å². The number of rotatable bonds is 12. The summed E-state index contributed by atoms with van der Waals surface area (Å²) in [7, 11) is 4.44. The lowest BCUT2D eigenvalue weighted by Gasteiger charge is -2.39. The molecule has 36 heavy (non-hydrogen) atoms. The molecule has 6 nitrogen and oxygen atoms in total. The maximum Gasteiger partial charge on any atom is 0.222 e. The molecule has 1 aliphatic heterocycles. The Hall–Kier alpha value is -2.41. The van der Waals surface area contributed by atoms with Gasteiger partial charge in [-0.2, -0.15) is 0 Å². The van der Waals surface area contributed by atoms with E-state index in [2.05, 4.69) is 14.1 Å². The van der Waals surface area contributed by atoms with Gasteiger partial charge in [-0.05, 0) is 42.5 Å². The summed E-state index contributed by atoms with van der Waals surface area (Å²) in [6, 6.07) is 17.9. The van der Waals surface area contributed by atoms with E-state index in [1.165, 1.54) is 6.42 Å². The number of hydrogen-bond acceptors (Lipinski definition) is 5. The first-order valence-corrected chi connectivity index (χ1v) is 13.5. The molecule has 6 heteroatoms. The van der Waals surface area contributed by atoms with Gasteiger partial charge in [-0.25, -0.2) is 4.99 Å². The molecule has 2 N–H and O–H groups in total. The maximum atomic E-state index is 12.1. The van der Waals surface area contributed by atoms with Crippen LogP contribution in [0.15, 0.2) is 59.6 Å². The fourth-order valence-electron chi connectivity index (χ4n) is 5.68. The smallest absolute Gasteiger partial charge is 0.222 e. The lowest BCUT2D eigenvalue weighted by atomic mass is 9.73. The molecule has 0 spiro atoms. The Balaban J connectivity index is 1.29. The van der Waals surface area contributed by atoms with Crippen molar-refractivity contribution in [1.82, 2.24) is 0 Å². The van der Waals surface area contributed by atoms with Crippen molar-refractivity contribution in [3.63, 3.8) is 0 Å². The fourth-order valence-corrected chi connectivity index (χ4v) is 5.68. The highest BCUT2D eigenvalue weighted by molar-refractivity contribution is 5.88. The Kier molecular flexibility index (Phi) is 9.04. The van der Waals surface area contributed by atoms with E-state index in [0.717, 1.165) is 66.6 Å². The minimum absolute atomic E-state index is 0.0335. The maximum absolute atomic E-state index is 12.1. The molecule has 1 fully saturated rings. The van der Waals surface area contributed by atoms with Gasteiger partial charge in [0.1, 0.15) is 12.3 Å². The molecule has 0 aromatic heterocycles. The number of aliphatic hydroxyl groups excluding tert-OH is 1. The van der Waals surface area contributed by atoms with Crippen molar-refractivity contribution in [2.24, 2.45) is 10.9 Å². The van der Waals surface area contributed by atoms with Gasteiger partial charge in [0.2, 0.25) is 5.90 Å². The highest BCUT2D eigenvalue weighted by atomic mass is 16.5. The minimum Gasteiger partial charge on any atom is -0.493 e. The number of likely N-dealkylation sites (N-methyl/N-ethyl adjacent to an activating group) is 1. The van der Waals surface area contributed by atoms with Gasteiger partial charge in [0.15, 0.2) is 11.7 Å². The van der Waals surface area contributed by atoms with Crippen molar-refractivity contribution in [2.75, 3.05) is 46.9 Å². The summed E-state index contributed by atoms with van der Waals surface area (Å²) >= 11 is 0. The van der Waals surface area contributed by atoms with Gasteiger partial charge in [-0.15, -0.1) is 0 Å². The SMILES string of the molecule is C[N+](C)(CCCOc1ccc(CCO)cc1)CC1CN=C([C@](O)(c2ccccc2)C2CCCCC2)O1. The van der Waals surface area contributed by atoms with Crippen molar-refractivity contribution >= 4 is 5.90 Å². The van der Waals surface area contributed by atoms with Crippen LogP contribution in [0.3, 0.4) is 0 Å². The zero-order valence-electron chi connectivity index (χ0n) is 21.9. The summed E-state index contributed by atoms with van der Waals surface area (Å²) in [6.07, 6.45) is 7.11. The molecular formula is C30H43N2O4+. The van der Waals surface area contributed by atoms with Gasteiger partial charge in [0, 0.05) is 18.9 Å². The average molecular weight is 496 g/mol. The van der Waals surface area contributed by atoms with Crippen LogP contribution < -0.4 is 4.74 Å². The van der Waals surface area contributed by atoms with Crippen LogP contribution in [0.2, 0.25) is 0 Å². The summed E-state index contributed by atoms with van der Waals surface area (Å²) in [5.41, 5.74) is 0.865. The van der Waals surface area contributed by atoms with Crippen molar-refractivity contribution in [3.8, 4) is 5.75 Å². The zero-order valence-corrected chi connectivity index (χ0v) is 21.9. The van der Waals surface area contributed by atoms with E-state index in [1.807, 2.05) is 54.6 Å². The van der Waals surface area contributed by atoms with Gasteiger partial charge in [0.25, 0.3) is 0 Å². The number of ether oxygens (including phenoxy) is 2. The van der Waals surface area contributed by atoms with Crippen LogP contribution in [0.25, 0.3) is 0 Å². The Morgan fingerprint density at radius 2 is 1.75 bits per heavy atom. The van der Waals surface area contributed by atoms with Crippen LogP contribution in [0.1, 0.15) is 49.7 Å². The molecule has 1 aliphatic carbocycles. The van der Waals surface area contributed by atoms with Gasteiger partial charge in [0.05, 0.1) is 33.8 Å². The molecule has 1 heterocycles. The quantitative estimate of drug-likeness (QED) is 0.340. The summed E-state index contributed by atoms with van der Waals surface area (Å²) in [5.74, 6) is 1.52. The predicted octanol–water partition coefficient (Wildman–Crippen LogP) is 4.33. The molecule has 196 valence electrons. The molecule has 1 saturated carbocycles. The van der Waals surface area contributed by atoms with Crippen molar-refractivity contribution < 1.29 is 24.2 Å². The first-order valence-electron chi connectivity index (χ1n) is 13.5. The van der Waals surface area contributed by atoms with Crippen molar-refractivity contribution in [1.29, 1.82) is 0 Å². The van der Waals surface area contributed by atoms with E-state index >= 15 is 0 Å². The van der Waals surface area contributed by atoms with E-state index in [9.17, 15) is 5.11 Å².